The van der Waals surface area contributed by atoms with Gasteiger partial charge in [0.25, 0.3) is 0 Å². The van der Waals surface area contributed by atoms with Gasteiger partial charge in [0.2, 0.25) is 5.88 Å². The van der Waals surface area contributed by atoms with Crippen molar-refractivity contribution in [2.45, 2.75) is 13.8 Å². The number of para-hydroxylation sites is 1. The summed E-state index contributed by atoms with van der Waals surface area (Å²) in [4.78, 5) is 9.14. The zero-order valence-corrected chi connectivity index (χ0v) is 20.8. The largest absolute Gasteiger partial charge is 0.505 e. The molecule has 0 saturated carbocycles. The molecule has 0 aliphatic heterocycles. The Bertz CT molecular complexity index is 1680. The number of pyridine rings is 2. The van der Waals surface area contributed by atoms with E-state index in [1.54, 1.807) is 6.20 Å². The van der Waals surface area contributed by atoms with Gasteiger partial charge in [-0.3, -0.25) is 0 Å². The van der Waals surface area contributed by atoms with Crippen LogP contribution in [-0.2, 0) is 21.1 Å². The average Bonchev–Trinajstić information content (AvgIpc) is 3.17. The van der Waals surface area contributed by atoms with Crippen LogP contribution in [0.5, 0.6) is 17.4 Å². The molecule has 0 atom stereocenters. The fraction of sp³-hybridized carbons (Fsp3) is 0.0714. The number of hydrogen-bond acceptors (Lipinski definition) is 4. The van der Waals surface area contributed by atoms with Crippen molar-refractivity contribution < 1.29 is 30.9 Å². The second kappa shape index (κ2) is 8.58. The molecule has 6 heteroatoms. The third kappa shape index (κ3) is 3.53. The minimum absolute atomic E-state index is 0. The van der Waals surface area contributed by atoms with Crippen LogP contribution >= 0.6 is 0 Å². The van der Waals surface area contributed by atoms with E-state index in [-0.39, 0.29) is 26.8 Å². The molecule has 0 unspecified atom stereocenters. The number of hydrogen-bond donors (Lipinski definition) is 1. The average molecular weight is 626 g/mol. The van der Waals surface area contributed by atoms with Crippen LogP contribution in [0.4, 0.5) is 0 Å². The molecular formula is C28H20N3O2Pt-. The van der Waals surface area contributed by atoms with Crippen LogP contribution in [0.3, 0.4) is 0 Å². The number of ether oxygens (including phenoxy) is 1. The minimum atomic E-state index is 0. The number of benzene rings is 3. The molecule has 6 rings (SSSR count). The zero-order chi connectivity index (χ0) is 22.5. The first-order valence-electron chi connectivity index (χ1n) is 10.7. The Labute approximate surface area is 210 Å². The molecule has 3 aromatic heterocycles. The van der Waals surface area contributed by atoms with Crippen molar-refractivity contribution >= 4 is 32.7 Å². The maximum Gasteiger partial charge on any atom is 0.217 e. The van der Waals surface area contributed by atoms with E-state index in [0.717, 1.165) is 44.1 Å². The van der Waals surface area contributed by atoms with E-state index >= 15 is 0 Å². The monoisotopic (exact) mass is 625 g/mol. The van der Waals surface area contributed by atoms with E-state index in [0.29, 0.717) is 17.1 Å². The first-order chi connectivity index (χ1) is 16.1. The molecule has 170 valence electrons. The number of nitrogens with zero attached hydrogens (tertiary/aromatic N) is 3. The molecule has 0 fully saturated rings. The van der Waals surface area contributed by atoms with E-state index in [1.807, 2.05) is 74.5 Å². The predicted molar refractivity (Wildman–Crippen MR) is 130 cm³/mol. The molecule has 5 nitrogen and oxygen atoms in total. The minimum Gasteiger partial charge on any atom is -0.505 e. The molecule has 0 amide bonds. The van der Waals surface area contributed by atoms with Gasteiger partial charge < -0.3 is 14.4 Å². The van der Waals surface area contributed by atoms with E-state index in [1.165, 1.54) is 0 Å². The molecular weight excluding hydrogens is 605 g/mol. The molecule has 1 N–H and O–H groups in total. The van der Waals surface area contributed by atoms with Crippen molar-refractivity contribution in [3.05, 3.63) is 96.2 Å². The molecule has 0 radical (unpaired) electrons. The van der Waals surface area contributed by atoms with Crippen molar-refractivity contribution in [1.82, 2.24) is 14.5 Å². The van der Waals surface area contributed by atoms with Gasteiger partial charge in [-0.1, -0.05) is 35.8 Å². The van der Waals surface area contributed by atoms with E-state index in [2.05, 4.69) is 32.7 Å². The van der Waals surface area contributed by atoms with E-state index in [9.17, 15) is 5.11 Å². The van der Waals surface area contributed by atoms with Crippen LogP contribution in [0.25, 0.3) is 38.5 Å². The molecule has 6 aromatic rings. The molecule has 0 saturated heterocycles. The summed E-state index contributed by atoms with van der Waals surface area (Å²) in [6, 6.07) is 27.1. The summed E-state index contributed by atoms with van der Waals surface area (Å²) in [5.41, 5.74) is 4.32. The van der Waals surface area contributed by atoms with Gasteiger partial charge in [-0.15, -0.1) is 17.5 Å². The summed E-state index contributed by atoms with van der Waals surface area (Å²) in [6.45, 7) is 3.88. The standard InChI is InChI=1S/C28H20N3O2.Pt/c1-17-15-18(2)28(32)27-20(17)12-13-26(30-27)33-19-10-11-22-21-7-3-4-8-23(21)31(24(22)16-19)25-9-5-6-14-29-25;/h3-15,32H,1-2H3;/q-1;. The number of aromatic hydroxyl groups is 1. The second-order valence-electron chi connectivity index (χ2n) is 8.13. The number of aromatic nitrogens is 3. The Morgan fingerprint density at radius 3 is 2.47 bits per heavy atom. The molecule has 0 aliphatic rings. The number of fused-ring (bicyclic) bond motifs is 4. The third-order valence-electron chi connectivity index (χ3n) is 5.98. The van der Waals surface area contributed by atoms with Gasteiger partial charge in [0.05, 0.1) is 0 Å². The van der Waals surface area contributed by atoms with Gasteiger partial charge in [0.1, 0.15) is 17.1 Å². The van der Waals surface area contributed by atoms with E-state index in [4.69, 9.17) is 4.74 Å². The Morgan fingerprint density at radius 1 is 0.853 bits per heavy atom. The first-order valence-corrected chi connectivity index (χ1v) is 10.7. The van der Waals surface area contributed by atoms with Crippen LogP contribution < -0.4 is 4.74 Å². The summed E-state index contributed by atoms with van der Waals surface area (Å²) in [6.07, 6.45) is 1.78. The number of aryl methyl sites for hydroxylation is 2. The maximum absolute atomic E-state index is 10.5. The Morgan fingerprint density at radius 2 is 1.65 bits per heavy atom. The van der Waals surface area contributed by atoms with Crippen molar-refractivity contribution in [2.24, 2.45) is 0 Å². The first kappa shape index (κ1) is 22.1. The fourth-order valence-corrected chi connectivity index (χ4v) is 4.42. The van der Waals surface area contributed by atoms with Crippen LogP contribution in [-0.4, -0.2) is 19.6 Å². The molecule has 0 bridgehead atoms. The molecule has 0 aliphatic carbocycles. The summed E-state index contributed by atoms with van der Waals surface area (Å²) in [5, 5.41) is 13.6. The fourth-order valence-electron chi connectivity index (χ4n) is 4.42. The van der Waals surface area contributed by atoms with Gasteiger partial charge in [0, 0.05) is 50.0 Å². The summed E-state index contributed by atoms with van der Waals surface area (Å²) in [5.74, 6) is 1.93. The maximum atomic E-state index is 10.5. The summed E-state index contributed by atoms with van der Waals surface area (Å²) in [7, 11) is 0. The van der Waals surface area contributed by atoms with Gasteiger partial charge in [-0.2, -0.15) is 6.07 Å². The zero-order valence-electron chi connectivity index (χ0n) is 18.5. The molecule has 3 aromatic carbocycles. The van der Waals surface area contributed by atoms with Crippen molar-refractivity contribution in [3.63, 3.8) is 0 Å². The predicted octanol–water partition coefficient (Wildman–Crippen LogP) is 6.64. The molecule has 34 heavy (non-hydrogen) atoms. The van der Waals surface area contributed by atoms with Crippen LogP contribution in [0.1, 0.15) is 11.1 Å². The Hall–Kier alpha value is -3.69. The summed E-state index contributed by atoms with van der Waals surface area (Å²) >= 11 is 0. The van der Waals surface area contributed by atoms with Gasteiger partial charge in [-0.25, -0.2) is 9.97 Å². The van der Waals surface area contributed by atoms with Crippen LogP contribution in [0.2, 0.25) is 0 Å². The normalized spacial score (nSPS) is 11.1. The van der Waals surface area contributed by atoms with Crippen molar-refractivity contribution in [2.75, 3.05) is 0 Å². The SMILES string of the molecule is Cc1cc(C)c2ccc(Oc3[c-]c4c(cc3)c3ccccc3n4-c3ccccn3)nc2c1O.[Pt]. The quantitative estimate of drug-likeness (QED) is 0.224. The smallest absolute Gasteiger partial charge is 0.217 e. The van der Waals surface area contributed by atoms with Crippen LogP contribution in [0.15, 0.2) is 79.0 Å². The topological polar surface area (TPSA) is 60.2 Å². The third-order valence-corrected chi connectivity index (χ3v) is 5.98. The van der Waals surface area contributed by atoms with Crippen molar-refractivity contribution in [3.8, 4) is 23.2 Å². The summed E-state index contributed by atoms with van der Waals surface area (Å²) < 4.78 is 8.19. The van der Waals surface area contributed by atoms with Gasteiger partial charge in [-0.05, 0) is 54.6 Å². The van der Waals surface area contributed by atoms with E-state index < -0.39 is 0 Å². The Kier molecular flexibility index (Phi) is 5.58. The number of phenols is 1. The second-order valence-corrected chi connectivity index (χ2v) is 8.13. The number of rotatable bonds is 3. The number of phenolic OH excluding ortho intramolecular Hbond substituents is 1. The molecule has 0 spiro atoms. The molecule has 3 heterocycles. The van der Waals surface area contributed by atoms with Gasteiger partial charge in [0.15, 0.2) is 0 Å². The van der Waals surface area contributed by atoms with Crippen molar-refractivity contribution in [1.29, 1.82) is 0 Å². The Balaban J connectivity index is 0.00000241. The van der Waals surface area contributed by atoms with Gasteiger partial charge >= 0.3 is 0 Å². The van der Waals surface area contributed by atoms with Crippen LogP contribution in [0, 0.1) is 19.9 Å².